The van der Waals surface area contributed by atoms with Crippen LogP contribution in [0.25, 0.3) is 0 Å². The molecule has 1 aromatic rings. The van der Waals surface area contributed by atoms with Crippen molar-refractivity contribution in [2.24, 2.45) is 7.05 Å². The summed E-state index contributed by atoms with van der Waals surface area (Å²) in [6.07, 6.45) is -1.78. The van der Waals surface area contributed by atoms with E-state index in [0.717, 1.165) is 0 Å². The molecule has 0 amide bonds. The number of hydrogen-bond donors (Lipinski definition) is 3. The Morgan fingerprint density at radius 3 is 2.44 bits per heavy atom. The lowest BCUT2D eigenvalue weighted by atomic mass is 10.4. The van der Waals surface area contributed by atoms with Crippen molar-refractivity contribution in [3.05, 3.63) is 11.4 Å². The molecule has 1 atom stereocenters. The summed E-state index contributed by atoms with van der Waals surface area (Å²) < 4.78 is 27.3. The summed E-state index contributed by atoms with van der Waals surface area (Å²) in [5.41, 5.74) is 0.747. The average Bonchev–Trinajstić information content (AvgIpc) is 2.50. The molecule has 0 saturated heterocycles. The normalized spacial score (nSPS) is 13.6. The molecule has 0 aliphatic carbocycles. The maximum Gasteiger partial charge on any atom is 0.333 e. The highest BCUT2D eigenvalue weighted by atomic mass is 32.2. The standard InChI is InChI=1S/C9H15N3O5S/c1-5-8(6(2)12(3)11-5)18(16,17)10-4-7(13)9(14)15/h7,10,13H,4H2,1-3H3,(H,14,15). The summed E-state index contributed by atoms with van der Waals surface area (Å²) in [5.74, 6) is -1.49. The minimum absolute atomic E-state index is 0.00240. The Morgan fingerprint density at radius 1 is 1.50 bits per heavy atom. The molecule has 18 heavy (non-hydrogen) atoms. The van der Waals surface area contributed by atoms with Crippen LogP contribution in [-0.4, -0.2) is 47.0 Å². The molecule has 8 nitrogen and oxygen atoms in total. The zero-order valence-electron chi connectivity index (χ0n) is 10.2. The van der Waals surface area contributed by atoms with Gasteiger partial charge < -0.3 is 10.2 Å². The number of rotatable bonds is 5. The van der Waals surface area contributed by atoms with Gasteiger partial charge in [-0.1, -0.05) is 0 Å². The Kier molecular flexibility index (Phi) is 4.09. The van der Waals surface area contributed by atoms with Crippen molar-refractivity contribution in [3.63, 3.8) is 0 Å². The van der Waals surface area contributed by atoms with Crippen LogP contribution in [0, 0.1) is 13.8 Å². The largest absolute Gasteiger partial charge is 0.479 e. The zero-order chi connectivity index (χ0) is 14.1. The number of carbonyl (C=O) groups is 1. The van der Waals surface area contributed by atoms with Crippen LogP contribution in [0.15, 0.2) is 4.90 Å². The second kappa shape index (κ2) is 5.04. The van der Waals surface area contributed by atoms with E-state index in [1.165, 1.54) is 11.6 Å². The molecule has 0 aromatic carbocycles. The number of carboxylic acids is 1. The van der Waals surface area contributed by atoms with Gasteiger partial charge in [-0.05, 0) is 13.8 Å². The lowest BCUT2D eigenvalue weighted by Gasteiger charge is -2.09. The van der Waals surface area contributed by atoms with Gasteiger partial charge in [0, 0.05) is 13.6 Å². The molecular formula is C9H15N3O5S. The van der Waals surface area contributed by atoms with E-state index in [9.17, 15) is 13.2 Å². The third-order valence-corrected chi connectivity index (χ3v) is 4.14. The van der Waals surface area contributed by atoms with Crippen molar-refractivity contribution in [2.45, 2.75) is 24.8 Å². The number of aliphatic carboxylic acids is 1. The number of hydrogen-bond acceptors (Lipinski definition) is 5. The number of nitrogens with zero attached hydrogens (tertiary/aromatic N) is 2. The smallest absolute Gasteiger partial charge is 0.333 e. The van der Waals surface area contributed by atoms with Gasteiger partial charge in [-0.25, -0.2) is 17.9 Å². The predicted molar refractivity (Wildman–Crippen MR) is 61.5 cm³/mol. The molecule has 0 aliphatic heterocycles. The van der Waals surface area contributed by atoms with Gasteiger partial charge in [-0.3, -0.25) is 4.68 Å². The Labute approximate surface area is 104 Å². The number of sulfonamides is 1. The minimum atomic E-state index is -3.89. The van der Waals surface area contributed by atoms with Crippen LogP contribution < -0.4 is 4.72 Å². The topological polar surface area (TPSA) is 122 Å². The van der Waals surface area contributed by atoms with E-state index in [1.807, 2.05) is 4.72 Å². The van der Waals surface area contributed by atoms with Gasteiger partial charge in [0.05, 0.1) is 11.4 Å². The summed E-state index contributed by atoms with van der Waals surface area (Å²) >= 11 is 0. The average molecular weight is 277 g/mol. The first-order chi connectivity index (χ1) is 8.16. The van der Waals surface area contributed by atoms with E-state index in [0.29, 0.717) is 11.4 Å². The molecule has 0 radical (unpaired) electrons. The molecule has 1 aromatic heterocycles. The SMILES string of the molecule is Cc1nn(C)c(C)c1S(=O)(=O)NCC(O)C(=O)O. The van der Waals surface area contributed by atoms with Crippen molar-refractivity contribution in [2.75, 3.05) is 6.54 Å². The van der Waals surface area contributed by atoms with E-state index >= 15 is 0 Å². The molecule has 0 saturated carbocycles. The molecule has 1 unspecified atom stereocenters. The van der Waals surface area contributed by atoms with Crippen LogP contribution in [-0.2, 0) is 21.9 Å². The van der Waals surface area contributed by atoms with Crippen molar-refractivity contribution < 1.29 is 23.4 Å². The summed E-state index contributed by atoms with van der Waals surface area (Å²) in [6, 6.07) is 0. The molecule has 1 rings (SSSR count). The van der Waals surface area contributed by atoms with Crippen molar-refractivity contribution in [3.8, 4) is 0 Å². The second-order valence-corrected chi connectivity index (χ2v) is 5.53. The van der Waals surface area contributed by atoms with Gasteiger partial charge >= 0.3 is 5.97 Å². The third kappa shape index (κ3) is 2.86. The van der Waals surface area contributed by atoms with E-state index in [2.05, 4.69) is 5.10 Å². The van der Waals surface area contributed by atoms with Crippen LogP contribution in [0.2, 0.25) is 0 Å². The fourth-order valence-electron chi connectivity index (χ4n) is 1.49. The number of nitrogens with one attached hydrogen (secondary N) is 1. The van der Waals surface area contributed by atoms with Crippen LogP contribution in [0.3, 0.4) is 0 Å². The Morgan fingerprint density at radius 2 is 2.06 bits per heavy atom. The number of aromatic nitrogens is 2. The van der Waals surface area contributed by atoms with Crippen LogP contribution in [0.1, 0.15) is 11.4 Å². The highest BCUT2D eigenvalue weighted by Gasteiger charge is 2.25. The van der Waals surface area contributed by atoms with Crippen molar-refractivity contribution in [1.29, 1.82) is 0 Å². The highest BCUT2D eigenvalue weighted by Crippen LogP contribution is 2.17. The van der Waals surface area contributed by atoms with Gasteiger partial charge in [-0.15, -0.1) is 0 Å². The maximum atomic E-state index is 11.9. The second-order valence-electron chi connectivity index (χ2n) is 3.83. The van der Waals surface area contributed by atoms with Gasteiger partial charge in [0.1, 0.15) is 4.90 Å². The lowest BCUT2D eigenvalue weighted by Crippen LogP contribution is -2.36. The monoisotopic (exact) mass is 277 g/mol. The zero-order valence-corrected chi connectivity index (χ0v) is 11.0. The van der Waals surface area contributed by atoms with Gasteiger partial charge in [0.2, 0.25) is 10.0 Å². The molecule has 0 bridgehead atoms. The summed E-state index contributed by atoms with van der Waals surface area (Å²) in [6.45, 7) is 2.53. The number of aliphatic hydroxyl groups excluding tert-OH is 1. The van der Waals surface area contributed by atoms with Crippen molar-refractivity contribution in [1.82, 2.24) is 14.5 Å². The Balaban J connectivity index is 2.97. The first-order valence-electron chi connectivity index (χ1n) is 5.07. The summed E-state index contributed by atoms with van der Waals surface area (Å²) in [4.78, 5) is 10.4. The van der Waals surface area contributed by atoms with Crippen LogP contribution in [0.5, 0.6) is 0 Å². The molecule has 0 fully saturated rings. The molecule has 102 valence electrons. The minimum Gasteiger partial charge on any atom is -0.479 e. The number of aliphatic hydroxyl groups is 1. The van der Waals surface area contributed by atoms with Crippen LogP contribution >= 0.6 is 0 Å². The Bertz CT molecular complexity index is 563. The molecular weight excluding hydrogens is 262 g/mol. The molecule has 0 aliphatic rings. The van der Waals surface area contributed by atoms with Crippen molar-refractivity contribution >= 4 is 16.0 Å². The predicted octanol–water partition coefficient (Wildman–Crippen LogP) is -1.24. The van der Waals surface area contributed by atoms with E-state index in [4.69, 9.17) is 10.2 Å². The van der Waals surface area contributed by atoms with E-state index in [-0.39, 0.29) is 4.90 Å². The van der Waals surface area contributed by atoms with Gasteiger partial charge in [-0.2, -0.15) is 5.10 Å². The quantitative estimate of drug-likeness (QED) is 0.619. The van der Waals surface area contributed by atoms with E-state index in [1.54, 1.807) is 14.0 Å². The molecule has 0 spiro atoms. The van der Waals surface area contributed by atoms with Gasteiger partial charge in [0.15, 0.2) is 6.10 Å². The maximum absolute atomic E-state index is 11.9. The lowest BCUT2D eigenvalue weighted by molar-refractivity contribution is -0.146. The van der Waals surface area contributed by atoms with E-state index < -0.39 is 28.6 Å². The fraction of sp³-hybridized carbons (Fsp3) is 0.556. The first-order valence-corrected chi connectivity index (χ1v) is 6.56. The molecule has 9 heteroatoms. The van der Waals surface area contributed by atoms with Gasteiger partial charge in [0.25, 0.3) is 0 Å². The first kappa shape index (κ1) is 14.6. The highest BCUT2D eigenvalue weighted by molar-refractivity contribution is 7.89. The third-order valence-electron chi connectivity index (χ3n) is 2.46. The number of aryl methyl sites for hydroxylation is 2. The Hall–Kier alpha value is -1.45. The summed E-state index contributed by atoms with van der Waals surface area (Å²) in [7, 11) is -2.28. The molecule has 3 N–H and O–H groups in total. The summed E-state index contributed by atoms with van der Waals surface area (Å²) in [5, 5.41) is 21.5. The fourth-order valence-corrected chi connectivity index (χ4v) is 2.96. The molecule has 1 heterocycles. The number of carboxylic acid groups (broad SMARTS) is 1. The van der Waals surface area contributed by atoms with Crippen LogP contribution in [0.4, 0.5) is 0 Å².